The van der Waals surface area contributed by atoms with Crippen LogP contribution in [-0.4, -0.2) is 35.8 Å². The summed E-state index contributed by atoms with van der Waals surface area (Å²) in [6.07, 6.45) is 9.34. The van der Waals surface area contributed by atoms with Gasteiger partial charge in [-0.05, 0) is 145 Å². The monoisotopic (exact) mass is 1050 g/mol. The molecular weight excluding hydrogens is 985 g/mol. The van der Waals surface area contributed by atoms with Gasteiger partial charge in [-0.15, -0.1) is 0 Å². The van der Waals surface area contributed by atoms with E-state index in [4.69, 9.17) is 28.4 Å². The normalized spacial score (nSPS) is 10.8. The molecule has 12 nitrogen and oxygen atoms in total. The van der Waals surface area contributed by atoms with Crippen molar-refractivity contribution in [2.75, 3.05) is 0 Å². The van der Waals surface area contributed by atoms with Gasteiger partial charge in [0.1, 0.15) is 34.5 Å². The van der Waals surface area contributed by atoms with Gasteiger partial charge < -0.3 is 28.4 Å². The topological polar surface area (TPSA) is 158 Å². The molecule has 0 spiro atoms. The quantitative estimate of drug-likeness (QED) is 0.0417. The van der Waals surface area contributed by atoms with Crippen LogP contribution in [0.15, 0.2) is 146 Å². The molecule has 0 aromatic heterocycles. The van der Waals surface area contributed by atoms with E-state index >= 15 is 28.8 Å². The standard InChI is InChI=1S/C66H66O12/c1-7-13-43-19-31-49(32-20-43)73-61(67)55-56(62(68)74-50-33-21-44(14-8-2)22-34-50)58(64(70)76-52-37-25-46(16-10-4)26-38-52)60(66(72)78-54-41-29-48(18-12-6)30-42-54)59(65(71)77-53-39-27-47(17-11-5)28-40-53)57(55)63(69)75-51-35-23-45(15-9-3)24-36-51/h19-42H,7-18H2,1-6H3. The fraction of sp³-hybridized carbons (Fsp3) is 0.273. The number of benzene rings is 7. The van der Waals surface area contributed by atoms with Crippen LogP contribution in [-0.2, 0) is 38.5 Å². The van der Waals surface area contributed by atoms with Crippen LogP contribution in [0, 0.1) is 0 Å². The lowest BCUT2D eigenvalue weighted by Gasteiger charge is -2.22. The van der Waals surface area contributed by atoms with Crippen molar-refractivity contribution in [3.63, 3.8) is 0 Å². The number of ether oxygens (including phenoxy) is 6. The van der Waals surface area contributed by atoms with Gasteiger partial charge in [0.15, 0.2) is 0 Å². The van der Waals surface area contributed by atoms with E-state index in [9.17, 15) is 0 Å². The van der Waals surface area contributed by atoms with Crippen molar-refractivity contribution >= 4 is 35.8 Å². The summed E-state index contributed by atoms with van der Waals surface area (Å²) < 4.78 is 36.2. The Hall–Kier alpha value is -8.64. The molecule has 402 valence electrons. The van der Waals surface area contributed by atoms with Gasteiger partial charge in [0.05, 0.1) is 33.4 Å². The van der Waals surface area contributed by atoms with Gasteiger partial charge >= 0.3 is 35.8 Å². The van der Waals surface area contributed by atoms with Crippen LogP contribution >= 0.6 is 0 Å². The van der Waals surface area contributed by atoms with Crippen molar-refractivity contribution in [3.05, 3.63) is 212 Å². The van der Waals surface area contributed by atoms with E-state index in [-0.39, 0.29) is 34.5 Å². The van der Waals surface area contributed by atoms with Gasteiger partial charge in [-0.1, -0.05) is 153 Å². The molecule has 0 unspecified atom stereocenters. The zero-order chi connectivity index (χ0) is 55.6. The fourth-order valence-corrected chi connectivity index (χ4v) is 9.00. The van der Waals surface area contributed by atoms with Crippen molar-refractivity contribution in [1.82, 2.24) is 0 Å². The van der Waals surface area contributed by atoms with Crippen LogP contribution in [0.5, 0.6) is 34.5 Å². The summed E-state index contributed by atoms with van der Waals surface area (Å²) >= 11 is 0. The lowest BCUT2D eigenvalue weighted by atomic mass is 9.85. The Kier molecular flexibility index (Phi) is 20.4. The van der Waals surface area contributed by atoms with Crippen LogP contribution in [0.4, 0.5) is 0 Å². The first kappa shape index (κ1) is 57.1. The Bertz CT molecular complexity index is 2610. The van der Waals surface area contributed by atoms with Crippen molar-refractivity contribution in [1.29, 1.82) is 0 Å². The highest BCUT2D eigenvalue weighted by atomic mass is 16.6. The minimum Gasteiger partial charge on any atom is -0.423 e. The number of esters is 6. The van der Waals surface area contributed by atoms with Crippen molar-refractivity contribution in [2.45, 2.75) is 119 Å². The third-order valence-corrected chi connectivity index (χ3v) is 12.8. The molecule has 0 saturated carbocycles. The summed E-state index contributed by atoms with van der Waals surface area (Å²) in [5.74, 6) is -8.61. The minimum absolute atomic E-state index is 0.0286. The number of carbonyl (C=O) groups is 6. The maximum atomic E-state index is 15.5. The van der Waals surface area contributed by atoms with E-state index in [0.29, 0.717) is 0 Å². The largest absolute Gasteiger partial charge is 0.423 e. The van der Waals surface area contributed by atoms with E-state index in [2.05, 4.69) is 0 Å². The predicted octanol–water partition coefficient (Wildman–Crippen LogP) is 14.7. The first-order chi connectivity index (χ1) is 37.9. The van der Waals surface area contributed by atoms with Crippen molar-refractivity contribution < 1.29 is 57.2 Å². The van der Waals surface area contributed by atoms with E-state index < -0.39 is 69.2 Å². The average Bonchev–Trinajstić information content (AvgIpc) is 3.45. The van der Waals surface area contributed by atoms with Crippen LogP contribution in [0.25, 0.3) is 0 Å². The molecule has 0 bridgehead atoms. The summed E-state index contributed by atoms with van der Waals surface area (Å²) in [5.41, 5.74) is -0.206. The SMILES string of the molecule is CCCc1ccc(OC(=O)c2c(C(=O)Oc3ccc(CCC)cc3)c(C(=O)Oc3ccc(CCC)cc3)c(C(=O)Oc3ccc(CCC)cc3)c(C(=O)Oc3ccc(CCC)cc3)c2C(=O)Oc2ccc(CCC)cc2)cc1. The summed E-state index contributed by atoms with van der Waals surface area (Å²) in [7, 11) is 0. The molecule has 7 aromatic rings. The number of rotatable bonds is 24. The van der Waals surface area contributed by atoms with Gasteiger partial charge in [0, 0.05) is 0 Å². The molecule has 0 heterocycles. The zero-order valence-electron chi connectivity index (χ0n) is 45.2. The highest BCUT2D eigenvalue weighted by Crippen LogP contribution is 2.36. The highest BCUT2D eigenvalue weighted by molar-refractivity contribution is 6.25. The Morgan fingerprint density at radius 3 is 0.436 bits per heavy atom. The Labute approximate surface area is 456 Å². The van der Waals surface area contributed by atoms with Gasteiger partial charge in [-0.25, -0.2) is 28.8 Å². The molecule has 0 atom stereocenters. The maximum absolute atomic E-state index is 15.5. The molecule has 0 fully saturated rings. The number of aryl methyl sites for hydroxylation is 6. The van der Waals surface area contributed by atoms with Crippen LogP contribution in [0.1, 0.15) is 176 Å². The molecule has 7 aromatic carbocycles. The molecule has 0 N–H and O–H groups in total. The molecule has 0 saturated heterocycles. The van der Waals surface area contributed by atoms with E-state index in [1.807, 2.05) is 41.5 Å². The van der Waals surface area contributed by atoms with E-state index in [0.717, 1.165) is 110 Å². The number of carbonyl (C=O) groups excluding carboxylic acids is 6. The number of hydrogen-bond donors (Lipinski definition) is 0. The second-order valence-corrected chi connectivity index (χ2v) is 19.0. The van der Waals surface area contributed by atoms with Crippen LogP contribution < -0.4 is 28.4 Å². The second-order valence-electron chi connectivity index (χ2n) is 19.0. The Morgan fingerprint density at radius 2 is 0.333 bits per heavy atom. The molecule has 78 heavy (non-hydrogen) atoms. The Morgan fingerprint density at radius 1 is 0.218 bits per heavy atom. The smallest absolute Gasteiger partial charge is 0.345 e. The maximum Gasteiger partial charge on any atom is 0.345 e. The van der Waals surface area contributed by atoms with E-state index in [1.165, 1.54) is 72.8 Å². The van der Waals surface area contributed by atoms with E-state index in [1.54, 1.807) is 72.8 Å². The summed E-state index contributed by atoms with van der Waals surface area (Å²) in [5, 5.41) is 0. The van der Waals surface area contributed by atoms with Gasteiger partial charge in [0.25, 0.3) is 0 Å². The summed E-state index contributed by atoms with van der Waals surface area (Å²) in [6.45, 7) is 12.1. The zero-order valence-corrected chi connectivity index (χ0v) is 45.2. The summed E-state index contributed by atoms with van der Waals surface area (Å²) in [6, 6.07) is 39.3. The van der Waals surface area contributed by atoms with Gasteiger partial charge in [-0.3, -0.25) is 0 Å². The molecule has 12 heteroatoms. The van der Waals surface area contributed by atoms with Crippen LogP contribution in [0.3, 0.4) is 0 Å². The van der Waals surface area contributed by atoms with Gasteiger partial charge in [-0.2, -0.15) is 0 Å². The fourth-order valence-electron chi connectivity index (χ4n) is 9.00. The lowest BCUT2D eigenvalue weighted by Crippen LogP contribution is -2.34. The second kappa shape index (κ2) is 27.9. The summed E-state index contributed by atoms with van der Waals surface area (Å²) in [4.78, 5) is 92.9. The van der Waals surface area contributed by atoms with Crippen molar-refractivity contribution in [3.8, 4) is 34.5 Å². The molecule has 0 amide bonds. The molecule has 0 radical (unpaired) electrons. The first-order valence-electron chi connectivity index (χ1n) is 27.0. The average molecular weight is 1050 g/mol. The molecule has 0 aliphatic rings. The van der Waals surface area contributed by atoms with Crippen LogP contribution in [0.2, 0.25) is 0 Å². The molecule has 0 aliphatic carbocycles. The molecule has 0 aliphatic heterocycles. The predicted molar refractivity (Wildman–Crippen MR) is 299 cm³/mol. The highest BCUT2D eigenvalue weighted by Gasteiger charge is 2.44. The number of hydrogen-bond acceptors (Lipinski definition) is 12. The molecular formula is C66H66O12. The van der Waals surface area contributed by atoms with Crippen molar-refractivity contribution in [2.24, 2.45) is 0 Å². The Balaban J connectivity index is 1.59. The first-order valence-corrected chi connectivity index (χ1v) is 27.0. The molecule has 7 rings (SSSR count). The minimum atomic E-state index is -1.41. The lowest BCUT2D eigenvalue weighted by molar-refractivity contribution is 0.0635. The third-order valence-electron chi connectivity index (χ3n) is 12.8. The third kappa shape index (κ3) is 14.8. The van der Waals surface area contributed by atoms with Gasteiger partial charge in [0.2, 0.25) is 0 Å².